The molecule has 5 nitrogen and oxygen atoms in total. The van der Waals surface area contributed by atoms with E-state index in [1.54, 1.807) is 0 Å². The van der Waals surface area contributed by atoms with Crippen molar-refractivity contribution in [2.75, 3.05) is 12.5 Å². The largest absolute Gasteiger partial charge is 0.464 e. The van der Waals surface area contributed by atoms with Gasteiger partial charge in [-0.05, 0) is 26.7 Å². The van der Waals surface area contributed by atoms with E-state index < -0.39 is 17.0 Å². The molecule has 3 aliphatic rings. The molecule has 112 valence electrons. The van der Waals surface area contributed by atoms with Crippen molar-refractivity contribution in [3.05, 3.63) is 0 Å². The van der Waals surface area contributed by atoms with E-state index in [1.165, 1.54) is 0 Å². The number of rotatable bonds is 3. The average Bonchev–Trinajstić information content (AvgIpc) is 2.98. The highest BCUT2D eigenvalue weighted by molar-refractivity contribution is 6.26. The van der Waals surface area contributed by atoms with Crippen LogP contribution < -0.4 is 0 Å². The van der Waals surface area contributed by atoms with Crippen molar-refractivity contribution in [3.8, 4) is 0 Å². The van der Waals surface area contributed by atoms with Crippen molar-refractivity contribution >= 4 is 23.5 Å². The van der Waals surface area contributed by atoms with Crippen LogP contribution in [0.3, 0.4) is 0 Å². The van der Waals surface area contributed by atoms with Crippen LogP contribution in [0.25, 0.3) is 0 Å². The molecule has 3 heterocycles. The molecule has 3 rings (SSSR count). The van der Waals surface area contributed by atoms with E-state index in [2.05, 4.69) is 0 Å². The molecular formula is C14H19ClO5. The normalized spacial score (nSPS) is 41.1. The van der Waals surface area contributed by atoms with Gasteiger partial charge in [0.25, 0.3) is 0 Å². The van der Waals surface area contributed by atoms with E-state index in [4.69, 9.17) is 25.8 Å². The van der Waals surface area contributed by atoms with Gasteiger partial charge in [-0.25, -0.2) is 0 Å². The third-order valence-corrected chi connectivity index (χ3v) is 4.87. The minimum atomic E-state index is -0.485. The molecule has 20 heavy (non-hydrogen) atoms. The molecule has 0 aromatic heterocycles. The van der Waals surface area contributed by atoms with E-state index >= 15 is 0 Å². The first-order chi connectivity index (χ1) is 9.36. The number of ether oxygens (including phenoxy) is 3. The minimum absolute atomic E-state index is 0.0235. The van der Waals surface area contributed by atoms with Crippen molar-refractivity contribution < 1.29 is 23.8 Å². The number of esters is 2. The van der Waals surface area contributed by atoms with Gasteiger partial charge in [0.15, 0.2) is 0 Å². The first-order valence-corrected chi connectivity index (χ1v) is 7.50. The second-order valence-electron chi connectivity index (χ2n) is 6.66. The second kappa shape index (κ2) is 4.60. The Labute approximate surface area is 122 Å². The van der Waals surface area contributed by atoms with Gasteiger partial charge in [-0.3, -0.25) is 9.59 Å². The molecule has 3 saturated heterocycles. The fourth-order valence-electron chi connectivity index (χ4n) is 3.90. The molecule has 0 aromatic carbocycles. The standard InChI is InChI=1S/C14H19ClO5/c1-13(2)7-14(12(17)20-13)4-9-8(3-10(14)19-9)6-18-11(16)5-15/h8-10H,3-7H2,1-2H3/t8?,9?,10?,14-/m0/s1. The topological polar surface area (TPSA) is 61.8 Å². The van der Waals surface area contributed by atoms with Crippen LogP contribution >= 0.6 is 11.6 Å². The van der Waals surface area contributed by atoms with Crippen molar-refractivity contribution in [2.45, 2.75) is 50.9 Å². The summed E-state index contributed by atoms with van der Waals surface area (Å²) in [5.41, 5.74) is -0.896. The fraction of sp³-hybridized carbons (Fsp3) is 0.857. The summed E-state index contributed by atoms with van der Waals surface area (Å²) in [6.07, 6.45) is 1.98. The molecule has 4 atom stereocenters. The molecule has 1 spiro atoms. The molecule has 6 heteroatoms. The maximum atomic E-state index is 12.2. The fourth-order valence-corrected chi connectivity index (χ4v) is 3.98. The SMILES string of the molecule is CC1(C)C[C@]2(CC3OC2CC3COC(=O)CCl)C(=O)O1. The lowest BCUT2D eigenvalue weighted by Gasteiger charge is -2.30. The Bertz CT molecular complexity index is 449. The van der Waals surface area contributed by atoms with Crippen molar-refractivity contribution in [2.24, 2.45) is 11.3 Å². The van der Waals surface area contributed by atoms with Crippen LogP contribution in [0.1, 0.15) is 33.1 Å². The van der Waals surface area contributed by atoms with E-state index in [0.29, 0.717) is 19.4 Å². The van der Waals surface area contributed by atoms with Crippen molar-refractivity contribution in [1.29, 1.82) is 0 Å². The van der Waals surface area contributed by atoms with Crippen molar-refractivity contribution in [1.82, 2.24) is 0 Å². The molecule has 0 N–H and O–H groups in total. The van der Waals surface area contributed by atoms with Crippen LogP contribution in [0, 0.1) is 11.3 Å². The highest BCUT2D eigenvalue weighted by Crippen LogP contribution is 2.58. The maximum Gasteiger partial charge on any atom is 0.320 e. The Kier molecular flexibility index (Phi) is 3.25. The summed E-state index contributed by atoms with van der Waals surface area (Å²) in [6, 6.07) is 0. The Hall–Kier alpha value is -0.810. The summed E-state index contributed by atoms with van der Waals surface area (Å²) in [5.74, 6) is -0.516. The zero-order valence-corrected chi connectivity index (χ0v) is 12.4. The van der Waals surface area contributed by atoms with Gasteiger partial charge in [-0.15, -0.1) is 11.6 Å². The van der Waals surface area contributed by atoms with Gasteiger partial charge in [0.2, 0.25) is 0 Å². The molecule has 0 aliphatic carbocycles. The van der Waals surface area contributed by atoms with E-state index in [1.807, 2.05) is 13.8 Å². The van der Waals surface area contributed by atoms with Crippen LogP contribution in [0.4, 0.5) is 0 Å². The number of carbonyl (C=O) groups is 2. The lowest BCUT2D eigenvalue weighted by atomic mass is 9.67. The number of hydrogen-bond acceptors (Lipinski definition) is 5. The number of halogens is 1. The van der Waals surface area contributed by atoms with Gasteiger partial charge in [0.05, 0.1) is 18.8 Å². The summed E-state index contributed by atoms with van der Waals surface area (Å²) in [4.78, 5) is 23.3. The molecule has 3 aliphatic heterocycles. The highest BCUT2D eigenvalue weighted by atomic mass is 35.5. The lowest BCUT2D eigenvalue weighted by Crippen LogP contribution is -2.40. The predicted molar refractivity (Wildman–Crippen MR) is 70.3 cm³/mol. The van der Waals surface area contributed by atoms with Gasteiger partial charge in [-0.2, -0.15) is 0 Å². The summed E-state index contributed by atoms with van der Waals surface area (Å²) >= 11 is 5.40. The number of hydrogen-bond donors (Lipinski definition) is 0. The minimum Gasteiger partial charge on any atom is -0.464 e. The third kappa shape index (κ3) is 2.11. The number of fused-ring (bicyclic) bond motifs is 3. The van der Waals surface area contributed by atoms with Gasteiger partial charge >= 0.3 is 11.9 Å². The van der Waals surface area contributed by atoms with E-state index in [0.717, 1.165) is 6.42 Å². The van der Waals surface area contributed by atoms with E-state index in [9.17, 15) is 9.59 Å². The summed E-state index contributed by atoms with van der Waals surface area (Å²) in [5, 5.41) is 0. The molecule has 3 fully saturated rings. The molecular weight excluding hydrogens is 284 g/mol. The average molecular weight is 303 g/mol. The monoisotopic (exact) mass is 302 g/mol. The predicted octanol–water partition coefficient (Wildman–Crippen LogP) is 1.66. The second-order valence-corrected chi connectivity index (χ2v) is 6.93. The van der Waals surface area contributed by atoms with Crippen LogP contribution in [0.5, 0.6) is 0 Å². The third-order valence-electron chi connectivity index (χ3n) is 4.65. The Morgan fingerprint density at radius 3 is 2.75 bits per heavy atom. The number of alkyl halides is 1. The van der Waals surface area contributed by atoms with Gasteiger partial charge < -0.3 is 14.2 Å². The van der Waals surface area contributed by atoms with Crippen LogP contribution in [-0.2, 0) is 23.8 Å². The van der Waals surface area contributed by atoms with Gasteiger partial charge in [0.1, 0.15) is 16.9 Å². The summed E-state index contributed by atoms with van der Waals surface area (Å²) < 4.78 is 16.5. The Balaban J connectivity index is 1.65. The molecule has 2 bridgehead atoms. The molecule has 0 amide bonds. The molecule has 0 radical (unpaired) electrons. The molecule has 0 aromatic rings. The summed E-state index contributed by atoms with van der Waals surface area (Å²) in [7, 11) is 0. The molecule has 0 saturated carbocycles. The highest BCUT2D eigenvalue weighted by Gasteiger charge is 2.66. The van der Waals surface area contributed by atoms with Crippen LogP contribution in [-0.4, -0.2) is 42.2 Å². The van der Waals surface area contributed by atoms with Gasteiger partial charge in [-0.1, -0.05) is 0 Å². The summed E-state index contributed by atoms with van der Waals surface area (Å²) in [6.45, 7) is 4.19. The Morgan fingerprint density at radius 1 is 1.50 bits per heavy atom. The van der Waals surface area contributed by atoms with E-state index in [-0.39, 0.29) is 30.0 Å². The smallest absolute Gasteiger partial charge is 0.320 e. The number of cyclic esters (lactones) is 1. The molecule has 3 unspecified atom stereocenters. The maximum absolute atomic E-state index is 12.2. The first kappa shape index (κ1) is 14.1. The Morgan fingerprint density at radius 2 is 2.25 bits per heavy atom. The van der Waals surface area contributed by atoms with Crippen molar-refractivity contribution in [3.63, 3.8) is 0 Å². The number of carbonyl (C=O) groups excluding carboxylic acids is 2. The van der Waals surface area contributed by atoms with Crippen LogP contribution in [0.15, 0.2) is 0 Å². The van der Waals surface area contributed by atoms with Crippen LogP contribution in [0.2, 0.25) is 0 Å². The quantitative estimate of drug-likeness (QED) is 0.586. The zero-order chi connectivity index (χ0) is 14.5. The lowest BCUT2D eigenvalue weighted by molar-refractivity contribution is -0.154. The zero-order valence-electron chi connectivity index (χ0n) is 11.7. The van der Waals surface area contributed by atoms with Gasteiger partial charge in [0, 0.05) is 12.3 Å². The first-order valence-electron chi connectivity index (χ1n) is 6.97.